The van der Waals surface area contributed by atoms with Crippen LogP contribution in [0, 0.1) is 5.82 Å². The fourth-order valence-corrected chi connectivity index (χ4v) is 4.92. The molecule has 0 atom stereocenters. The number of benzene rings is 2. The minimum absolute atomic E-state index is 0.240. The van der Waals surface area contributed by atoms with Gasteiger partial charge in [-0.1, -0.05) is 19.1 Å². The highest BCUT2D eigenvalue weighted by molar-refractivity contribution is 9.11. The first-order valence-electron chi connectivity index (χ1n) is 8.50. The molecule has 0 radical (unpaired) electrons. The van der Waals surface area contributed by atoms with E-state index >= 15 is 0 Å². The normalized spacial score (nSPS) is 15.6. The van der Waals surface area contributed by atoms with Crippen LogP contribution in [0.4, 0.5) is 9.18 Å². The SMILES string of the molecule is CCCN1C(=O)S/C(=C/c2cc(Br)c(OCc3ccc(F)cc3)c(Br)c2)C1=O. The highest BCUT2D eigenvalue weighted by atomic mass is 79.9. The predicted octanol–water partition coefficient (Wildman–Crippen LogP) is 6.38. The number of carbonyl (C=O) groups is 2. The summed E-state index contributed by atoms with van der Waals surface area (Å²) in [5.41, 5.74) is 1.60. The first kappa shape index (κ1) is 21.1. The highest BCUT2D eigenvalue weighted by Gasteiger charge is 2.34. The smallest absolute Gasteiger partial charge is 0.293 e. The fraction of sp³-hybridized carbons (Fsp3) is 0.200. The maximum absolute atomic E-state index is 13.0. The van der Waals surface area contributed by atoms with Crippen molar-refractivity contribution >= 4 is 60.8 Å². The number of carbonyl (C=O) groups excluding carboxylic acids is 2. The summed E-state index contributed by atoms with van der Waals surface area (Å²) >= 11 is 7.91. The quantitative estimate of drug-likeness (QED) is 0.408. The monoisotopic (exact) mass is 527 g/mol. The first-order chi connectivity index (χ1) is 13.4. The molecule has 0 N–H and O–H groups in total. The number of imide groups is 1. The average molecular weight is 529 g/mol. The van der Waals surface area contributed by atoms with E-state index in [4.69, 9.17) is 4.74 Å². The number of amides is 2. The molecular weight excluding hydrogens is 513 g/mol. The molecule has 4 nitrogen and oxygen atoms in total. The van der Waals surface area contributed by atoms with Crippen molar-refractivity contribution in [1.82, 2.24) is 4.90 Å². The van der Waals surface area contributed by atoms with E-state index in [0.717, 1.165) is 29.3 Å². The van der Waals surface area contributed by atoms with Crippen LogP contribution in [0.1, 0.15) is 24.5 Å². The molecule has 0 aromatic heterocycles. The van der Waals surface area contributed by atoms with Gasteiger partial charge in [0.1, 0.15) is 18.2 Å². The second kappa shape index (κ2) is 9.24. The summed E-state index contributed by atoms with van der Waals surface area (Å²) in [6.07, 6.45) is 2.42. The molecule has 28 heavy (non-hydrogen) atoms. The van der Waals surface area contributed by atoms with Crippen LogP contribution in [-0.2, 0) is 11.4 Å². The van der Waals surface area contributed by atoms with E-state index < -0.39 is 0 Å². The van der Waals surface area contributed by atoms with Crippen molar-refractivity contribution in [3.8, 4) is 5.75 Å². The van der Waals surface area contributed by atoms with Gasteiger partial charge < -0.3 is 4.74 Å². The maximum Gasteiger partial charge on any atom is 0.293 e. The number of ether oxygens (including phenoxy) is 1. The summed E-state index contributed by atoms with van der Waals surface area (Å²) in [6.45, 7) is 2.63. The lowest BCUT2D eigenvalue weighted by molar-refractivity contribution is -0.122. The molecule has 146 valence electrons. The van der Waals surface area contributed by atoms with E-state index in [-0.39, 0.29) is 23.6 Å². The molecule has 1 heterocycles. The van der Waals surface area contributed by atoms with E-state index in [1.807, 2.05) is 19.1 Å². The van der Waals surface area contributed by atoms with Crippen LogP contribution in [0.3, 0.4) is 0 Å². The average Bonchev–Trinajstić information content (AvgIpc) is 2.90. The van der Waals surface area contributed by atoms with Crippen LogP contribution >= 0.6 is 43.6 Å². The highest BCUT2D eigenvalue weighted by Crippen LogP contribution is 2.38. The van der Waals surface area contributed by atoms with Crippen molar-refractivity contribution < 1.29 is 18.7 Å². The molecule has 0 spiro atoms. The summed E-state index contributed by atoms with van der Waals surface area (Å²) in [4.78, 5) is 26.0. The zero-order chi connectivity index (χ0) is 20.3. The lowest BCUT2D eigenvalue weighted by atomic mass is 10.2. The first-order valence-corrected chi connectivity index (χ1v) is 10.9. The van der Waals surface area contributed by atoms with E-state index in [2.05, 4.69) is 31.9 Å². The molecular formula is C20H16Br2FNO3S. The number of nitrogens with zero attached hydrogens (tertiary/aromatic N) is 1. The molecule has 3 rings (SSSR count). The van der Waals surface area contributed by atoms with Gasteiger partial charge in [-0.2, -0.15) is 0 Å². The topological polar surface area (TPSA) is 46.6 Å². The molecule has 2 aromatic carbocycles. The summed E-state index contributed by atoms with van der Waals surface area (Å²) in [6, 6.07) is 9.74. The van der Waals surface area contributed by atoms with Gasteiger partial charge in [-0.15, -0.1) is 0 Å². The standard InChI is InChI=1S/C20H16Br2FNO3S/c1-2-7-24-19(25)17(28-20(24)26)10-13-8-15(21)18(16(22)9-13)27-11-12-3-5-14(23)6-4-12/h3-6,8-10H,2,7,11H2,1H3/b17-10+. The largest absolute Gasteiger partial charge is 0.487 e. The van der Waals surface area contributed by atoms with Gasteiger partial charge in [0.25, 0.3) is 11.1 Å². The molecule has 2 amide bonds. The van der Waals surface area contributed by atoms with Crippen molar-refractivity contribution in [1.29, 1.82) is 0 Å². The van der Waals surface area contributed by atoms with Crippen molar-refractivity contribution in [3.05, 3.63) is 67.2 Å². The van der Waals surface area contributed by atoms with Crippen LogP contribution in [0.25, 0.3) is 6.08 Å². The van der Waals surface area contributed by atoms with Crippen LogP contribution in [0.15, 0.2) is 50.2 Å². The Kier molecular flexibility index (Phi) is 6.95. The van der Waals surface area contributed by atoms with Crippen molar-refractivity contribution in [2.24, 2.45) is 0 Å². The van der Waals surface area contributed by atoms with Crippen LogP contribution in [-0.4, -0.2) is 22.6 Å². The van der Waals surface area contributed by atoms with Crippen molar-refractivity contribution in [2.45, 2.75) is 20.0 Å². The van der Waals surface area contributed by atoms with Crippen LogP contribution in [0.2, 0.25) is 0 Å². The zero-order valence-corrected chi connectivity index (χ0v) is 18.9. The number of hydrogen-bond donors (Lipinski definition) is 0. The summed E-state index contributed by atoms with van der Waals surface area (Å²) in [5.74, 6) is 0.0418. The fourth-order valence-electron chi connectivity index (χ4n) is 2.60. The number of rotatable bonds is 6. The van der Waals surface area contributed by atoms with Gasteiger partial charge in [-0.3, -0.25) is 14.5 Å². The second-order valence-electron chi connectivity index (χ2n) is 6.06. The molecule has 1 saturated heterocycles. The maximum atomic E-state index is 13.0. The molecule has 8 heteroatoms. The van der Waals surface area contributed by atoms with E-state index in [1.165, 1.54) is 17.0 Å². The number of hydrogen-bond acceptors (Lipinski definition) is 4. The summed E-state index contributed by atoms with van der Waals surface area (Å²) < 4.78 is 20.2. The lowest BCUT2D eigenvalue weighted by Gasteiger charge is -2.12. The van der Waals surface area contributed by atoms with Gasteiger partial charge in [-0.25, -0.2) is 4.39 Å². The number of halogens is 3. The minimum atomic E-state index is -0.293. The van der Waals surface area contributed by atoms with Gasteiger partial charge in [-0.05, 0) is 91.5 Å². The Bertz CT molecular complexity index is 924. The van der Waals surface area contributed by atoms with Crippen LogP contribution < -0.4 is 4.74 Å². The van der Waals surface area contributed by atoms with Gasteiger partial charge in [0.15, 0.2) is 0 Å². The third-order valence-electron chi connectivity index (χ3n) is 3.94. The van der Waals surface area contributed by atoms with Crippen LogP contribution in [0.5, 0.6) is 5.75 Å². The minimum Gasteiger partial charge on any atom is -0.487 e. The zero-order valence-electron chi connectivity index (χ0n) is 14.9. The van der Waals surface area contributed by atoms with Gasteiger partial charge in [0.2, 0.25) is 0 Å². The third kappa shape index (κ3) is 4.85. The molecule has 2 aromatic rings. The molecule has 0 unspecified atom stereocenters. The van der Waals surface area contributed by atoms with E-state index in [9.17, 15) is 14.0 Å². The molecule has 0 bridgehead atoms. The Morgan fingerprint density at radius 2 is 1.79 bits per heavy atom. The lowest BCUT2D eigenvalue weighted by Crippen LogP contribution is -2.28. The Labute approximate surface area is 183 Å². The van der Waals surface area contributed by atoms with E-state index in [1.54, 1.807) is 18.2 Å². The van der Waals surface area contributed by atoms with E-state index in [0.29, 0.717) is 26.1 Å². The Morgan fingerprint density at radius 3 is 2.39 bits per heavy atom. The Morgan fingerprint density at radius 1 is 1.14 bits per heavy atom. The summed E-state index contributed by atoms with van der Waals surface area (Å²) in [5, 5.41) is -0.240. The van der Waals surface area contributed by atoms with Gasteiger partial charge >= 0.3 is 0 Å². The Hall–Kier alpha value is -1.64. The van der Waals surface area contributed by atoms with Gasteiger partial charge in [0.05, 0.1) is 13.9 Å². The molecule has 1 aliphatic rings. The second-order valence-corrected chi connectivity index (χ2v) is 8.76. The van der Waals surface area contributed by atoms with Gasteiger partial charge in [0, 0.05) is 6.54 Å². The number of thioether (sulfide) groups is 1. The van der Waals surface area contributed by atoms with Crippen molar-refractivity contribution in [3.63, 3.8) is 0 Å². The molecule has 0 saturated carbocycles. The third-order valence-corrected chi connectivity index (χ3v) is 6.02. The molecule has 1 fully saturated rings. The van der Waals surface area contributed by atoms with Crippen molar-refractivity contribution in [2.75, 3.05) is 6.54 Å². The molecule has 0 aliphatic carbocycles. The molecule has 1 aliphatic heterocycles. The Balaban J connectivity index is 1.77. The summed E-state index contributed by atoms with van der Waals surface area (Å²) in [7, 11) is 0. The predicted molar refractivity (Wildman–Crippen MR) is 116 cm³/mol.